The quantitative estimate of drug-likeness (QED) is 0.743. The maximum atomic E-state index is 8.71. The van der Waals surface area contributed by atoms with Crippen LogP contribution in [-0.4, -0.2) is 24.5 Å². The van der Waals surface area contributed by atoms with Gasteiger partial charge in [0.05, 0.1) is 25.2 Å². The lowest BCUT2D eigenvalue weighted by Crippen LogP contribution is -2.34. The molecule has 1 rings (SSSR count). The van der Waals surface area contributed by atoms with Gasteiger partial charge in [-0.05, 0) is 5.56 Å². The van der Waals surface area contributed by atoms with Crippen LogP contribution in [0.2, 0.25) is 0 Å². The van der Waals surface area contributed by atoms with Gasteiger partial charge in [-0.25, -0.2) is 0 Å². The first kappa shape index (κ1) is 12.2. The van der Waals surface area contributed by atoms with E-state index in [0.717, 1.165) is 5.56 Å². The fraction of sp³-hybridized carbons (Fsp3) is 0.333. The van der Waals surface area contributed by atoms with Crippen LogP contribution in [-0.2, 0) is 0 Å². The third-order valence-electron chi connectivity index (χ3n) is 2.40. The molecular formula is C12H14N4. The summed E-state index contributed by atoms with van der Waals surface area (Å²) in [6.07, 6.45) is 0. The topological polar surface area (TPSA) is 76.8 Å². The highest BCUT2D eigenvalue weighted by atomic mass is 15.2. The monoisotopic (exact) mass is 214 g/mol. The average molecular weight is 214 g/mol. The van der Waals surface area contributed by atoms with Crippen molar-refractivity contribution in [2.75, 3.05) is 19.6 Å². The minimum absolute atomic E-state index is 0.0690. The first-order valence-corrected chi connectivity index (χ1v) is 5.06. The van der Waals surface area contributed by atoms with Crippen LogP contribution in [0.15, 0.2) is 30.3 Å². The Morgan fingerprint density at radius 1 is 1.12 bits per heavy atom. The summed E-state index contributed by atoms with van der Waals surface area (Å²) in [5.41, 5.74) is 6.74. The zero-order valence-corrected chi connectivity index (χ0v) is 9.00. The van der Waals surface area contributed by atoms with E-state index in [1.54, 1.807) is 4.90 Å². The smallest absolute Gasteiger partial charge is 0.0879 e. The SMILES string of the molecule is N#CCN(CC#N)C(CN)c1ccccc1. The van der Waals surface area contributed by atoms with Gasteiger partial charge in [0, 0.05) is 12.6 Å². The van der Waals surface area contributed by atoms with Gasteiger partial charge in [-0.1, -0.05) is 30.3 Å². The van der Waals surface area contributed by atoms with Gasteiger partial charge in [0.25, 0.3) is 0 Å². The number of benzene rings is 1. The molecule has 1 aromatic rings. The van der Waals surface area contributed by atoms with Gasteiger partial charge >= 0.3 is 0 Å². The first-order chi connectivity index (χ1) is 7.83. The van der Waals surface area contributed by atoms with Gasteiger partial charge < -0.3 is 5.73 Å². The number of rotatable bonds is 5. The summed E-state index contributed by atoms with van der Waals surface area (Å²) in [5, 5.41) is 17.4. The highest BCUT2D eigenvalue weighted by Crippen LogP contribution is 2.18. The molecule has 1 aromatic carbocycles. The van der Waals surface area contributed by atoms with E-state index in [9.17, 15) is 0 Å². The van der Waals surface area contributed by atoms with Gasteiger partial charge in [-0.3, -0.25) is 4.90 Å². The van der Waals surface area contributed by atoms with Crippen molar-refractivity contribution in [2.45, 2.75) is 6.04 Å². The predicted octanol–water partition coefficient (Wildman–Crippen LogP) is 1.04. The van der Waals surface area contributed by atoms with Crippen LogP contribution in [0.4, 0.5) is 0 Å². The van der Waals surface area contributed by atoms with Crippen molar-refractivity contribution < 1.29 is 0 Å². The van der Waals surface area contributed by atoms with Crippen LogP contribution < -0.4 is 5.73 Å². The molecule has 0 aliphatic rings. The second-order valence-corrected chi connectivity index (χ2v) is 3.38. The standard InChI is InChI=1S/C12H14N4/c13-6-8-16(9-7-14)12(10-15)11-4-2-1-3-5-11/h1-5,12H,8-10,15H2. The van der Waals surface area contributed by atoms with Gasteiger partial charge in [-0.2, -0.15) is 10.5 Å². The minimum atomic E-state index is -0.0690. The lowest BCUT2D eigenvalue weighted by molar-refractivity contribution is 0.254. The molecule has 0 saturated carbocycles. The number of nitriles is 2. The Bertz CT molecular complexity index is 372. The van der Waals surface area contributed by atoms with Crippen molar-refractivity contribution in [1.29, 1.82) is 10.5 Å². The zero-order chi connectivity index (χ0) is 11.8. The Kier molecular flexibility index (Phi) is 5.01. The molecule has 2 N–H and O–H groups in total. The van der Waals surface area contributed by atoms with E-state index in [0.29, 0.717) is 6.54 Å². The maximum Gasteiger partial charge on any atom is 0.0879 e. The molecule has 4 heteroatoms. The molecule has 0 saturated heterocycles. The van der Waals surface area contributed by atoms with Crippen molar-refractivity contribution in [2.24, 2.45) is 5.73 Å². The molecule has 0 amide bonds. The Morgan fingerprint density at radius 2 is 1.69 bits per heavy atom. The molecule has 0 aliphatic carbocycles. The van der Waals surface area contributed by atoms with Crippen molar-refractivity contribution in [3.63, 3.8) is 0 Å². The van der Waals surface area contributed by atoms with Gasteiger partial charge in [0.1, 0.15) is 0 Å². The molecule has 0 radical (unpaired) electrons. The zero-order valence-electron chi connectivity index (χ0n) is 9.00. The van der Waals surface area contributed by atoms with Crippen molar-refractivity contribution >= 4 is 0 Å². The molecule has 16 heavy (non-hydrogen) atoms. The molecule has 0 fully saturated rings. The van der Waals surface area contributed by atoms with Crippen LogP contribution in [0.3, 0.4) is 0 Å². The molecule has 1 unspecified atom stereocenters. The molecule has 1 atom stereocenters. The summed E-state index contributed by atoms with van der Waals surface area (Å²) in [5.74, 6) is 0. The Hall–Kier alpha value is -1.88. The summed E-state index contributed by atoms with van der Waals surface area (Å²) in [6.45, 7) is 0.821. The molecule has 0 heterocycles. The van der Waals surface area contributed by atoms with Gasteiger partial charge in [0.2, 0.25) is 0 Å². The summed E-state index contributed by atoms with van der Waals surface area (Å²) >= 11 is 0. The van der Waals surface area contributed by atoms with E-state index >= 15 is 0 Å². The molecule has 0 bridgehead atoms. The summed E-state index contributed by atoms with van der Waals surface area (Å²) < 4.78 is 0. The summed E-state index contributed by atoms with van der Waals surface area (Å²) in [6, 6.07) is 13.7. The highest BCUT2D eigenvalue weighted by Gasteiger charge is 2.17. The molecule has 4 nitrogen and oxygen atoms in total. The molecule has 82 valence electrons. The van der Waals surface area contributed by atoms with Crippen LogP contribution in [0.25, 0.3) is 0 Å². The summed E-state index contributed by atoms with van der Waals surface area (Å²) in [4.78, 5) is 1.77. The number of hydrogen-bond donors (Lipinski definition) is 1. The third kappa shape index (κ3) is 3.06. The van der Waals surface area contributed by atoms with Crippen LogP contribution in [0.1, 0.15) is 11.6 Å². The van der Waals surface area contributed by atoms with E-state index in [1.165, 1.54) is 0 Å². The van der Waals surface area contributed by atoms with E-state index < -0.39 is 0 Å². The number of nitrogens with zero attached hydrogens (tertiary/aromatic N) is 3. The fourth-order valence-electron chi connectivity index (χ4n) is 1.63. The van der Waals surface area contributed by atoms with Crippen molar-refractivity contribution in [1.82, 2.24) is 4.90 Å². The van der Waals surface area contributed by atoms with Crippen LogP contribution >= 0.6 is 0 Å². The normalized spacial score (nSPS) is 11.8. The Balaban J connectivity index is 2.88. The van der Waals surface area contributed by atoms with E-state index in [4.69, 9.17) is 16.3 Å². The van der Waals surface area contributed by atoms with Crippen LogP contribution in [0, 0.1) is 22.7 Å². The van der Waals surface area contributed by atoms with Crippen molar-refractivity contribution in [3.05, 3.63) is 35.9 Å². The van der Waals surface area contributed by atoms with E-state index in [-0.39, 0.29) is 19.1 Å². The van der Waals surface area contributed by atoms with Crippen LogP contribution in [0.5, 0.6) is 0 Å². The lowest BCUT2D eigenvalue weighted by atomic mass is 10.1. The Labute approximate surface area is 95.5 Å². The first-order valence-electron chi connectivity index (χ1n) is 5.06. The Morgan fingerprint density at radius 3 is 2.12 bits per heavy atom. The van der Waals surface area contributed by atoms with Crippen molar-refractivity contribution in [3.8, 4) is 12.1 Å². The second-order valence-electron chi connectivity index (χ2n) is 3.38. The molecule has 0 spiro atoms. The summed E-state index contributed by atoms with van der Waals surface area (Å²) in [7, 11) is 0. The molecule has 0 aliphatic heterocycles. The minimum Gasteiger partial charge on any atom is -0.329 e. The van der Waals surface area contributed by atoms with E-state index in [1.807, 2.05) is 30.3 Å². The second kappa shape index (κ2) is 6.58. The predicted molar refractivity (Wildman–Crippen MR) is 61.0 cm³/mol. The van der Waals surface area contributed by atoms with E-state index in [2.05, 4.69) is 12.1 Å². The van der Waals surface area contributed by atoms with Gasteiger partial charge in [-0.15, -0.1) is 0 Å². The average Bonchev–Trinajstić information content (AvgIpc) is 2.32. The van der Waals surface area contributed by atoms with Gasteiger partial charge in [0.15, 0.2) is 0 Å². The molecular weight excluding hydrogens is 200 g/mol. The fourth-order valence-corrected chi connectivity index (χ4v) is 1.63. The largest absolute Gasteiger partial charge is 0.329 e. The lowest BCUT2D eigenvalue weighted by Gasteiger charge is -2.26. The number of hydrogen-bond acceptors (Lipinski definition) is 4. The molecule has 0 aromatic heterocycles. The maximum absolute atomic E-state index is 8.71. The highest BCUT2D eigenvalue weighted by molar-refractivity contribution is 5.20. The third-order valence-corrected chi connectivity index (χ3v) is 2.40. The number of nitrogens with two attached hydrogens (primary N) is 1.